The molecule has 0 unspecified atom stereocenters. The first-order valence-electron chi connectivity index (χ1n) is 9.29. The normalized spacial score (nSPS) is 20.7. The number of hydrogen-bond donors (Lipinski definition) is 2. The first-order valence-corrected chi connectivity index (χ1v) is 10.1. The van der Waals surface area contributed by atoms with Gasteiger partial charge in [-0.15, -0.1) is 16.4 Å². The highest BCUT2D eigenvalue weighted by atomic mass is 32.1. The minimum atomic E-state index is -0.165. The zero-order valence-electron chi connectivity index (χ0n) is 15.1. The second-order valence-corrected chi connectivity index (χ2v) is 8.21. The van der Waals surface area contributed by atoms with Gasteiger partial charge in [0.15, 0.2) is 5.69 Å². The van der Waals surface area contributed by atoms with Crippen molar-refractivity contribution in [3.05, 3.63) is 27.5 Å². The molecule has 8 nitrogen and oxygen atoms in total. The number of carbonyl (C=O) groups excluding carboxylic acids is 1. The number of fused-ring (bicyclic) bond motifs is 1. The van der Waals surface area contributed by atoms with Crippen LogP contribution in [-0.2, 0) is 13.0 Å². The second-order valence-electron chi connectivity index (χ2n) is 6.92. The molecular formula is C17H25N7OS. The SMILES string of the molecule is Cc1nc2c(s1)CCC[C@@H]2NC(=O)c1cn(CCN2CCNCC2)nn1. The summed E-state index contributed by atoms with van der Waals surface area (Å²) in [5.41, 5.74) is 1.42. The number of aryl methyl sites for hydroxylation is 2. The molecule has 1 aliphatic heterocycles. The first-order chi connectivity index (χ1) is 12.7. The Kier molecular flexibility index (Phi) is 5.28. The molecule has 2 N–H and O–H groups in total. The molecule has 0 bridgehead atoms. The maximum absolute atomic E-state index is 12.6. The molecule has 1 aliphatic carbocycles. The van der Waals surface area contributed by atoms with Gasteiger partial charge < -0.3 is 10.6 Å². The predicted octanol–water partition coefficient (Wildman–Crippen LogP) is 0.756. The molecule has 0 radical (unpaired) electrons. The summed E-state index contributed by atoms with van der Waals surface area (Å²) in [6, 6.07) is -0.0119. The average Bonchev–Trinajstić information content (AvgIpc) is 3.27. The van der Waals surface area contributed by atoms with Crippen LogP contribution in [0.15, 0.2) is 6.20 Å². The summed E-state index contributed by atoms with van der Waals surface area (Å²) in [7, 11) is 0. The Bertz CT molecular complexity index is 765. The Morgan fingerprint density at radius 2 is 2.23 bits per heavy atom. The number of aromatic nitrogens is 4. The zero-order chi connectivity index (χ0) is 17.9. The van der Waals surface area contributed by atoms with Gasteiger partial charge in [0, 0.05) is 37.6 Å². The summed E-state index contributed by atoms with van der Waals surface area (Å²) < 4.78 is 1.76. The van der Waals surface area contributed by atoms with Crippen LogP contribution >= 0.6 is 11.3 Å². The fourth-order valence-corrected chi connectivity index (χ4v) is 4.64. The van der Waals surface area contributed by atoms with Crippen LogP contribution in [0.1, 0.15) is 45.0 Å². The summed E-state index contributed by atoms with van der Waals surface area (Å²) in [6.07, 6.45) is 4.82. The Balaban J connectivity index is 1.35. The van der Waals surface area contributed by atoms with Crippen LogP contribution in [0, 0.1) is 6.92 Å². The second kappa shape index (κ2) is 7.81. The molecule has 1 atom stereocenters. The van der Waals surface area contributed by atoms with Crippen molar-refractivity contribution in [3.63, 3.8) is 0 Å². The number of piperazine rings is 1. The molecule has 1 saturated heterocycles. The Morgan fingerprint density at radius 1 is 1.38 bits per heavy atom. The van der Waals surface area contributed by atoms with E-state index in [1.807, 2.05) is 6.92 Å². The molecule has 3 heterocycles. The van der Waals surface area contributed by atoms with E-state index in [1.165, 1.54) is 4.88 Å². The number of amides is 1. The zero-order valence-corrected chi connectivity index (χ0v) is 15.9. The highest BCUT2D eigenvalue weighted by Crippen LogP contribution is 2.33. The molecule has 2 aliphatic rings. The lowest BCUT2D eigenvalue weighted by Crippen LogP contribution is -2.44. The van der Waals surface area contributed by atoms with Crippen molar-refractivity contribution < 1.29 is 4.79 Å². The minimum absolute atomic E-state index is 0.0119. The molecule has 0 aromatic carbocycles. The molecule has 0 spiro atoms. The third kappa shape index (κ3) is 3.94. The van der Waals surface area contributed by atoms with E-state index in [-0.39, 0.29) is 11.9 Å². The maximum Gasteiger partial charge on any atom is 0.273 e. The van der Waals surface area contributed by atoms with Gasteiger partial charge in [-0.2, -0.15) is 0 Å². The number of carbonyl (C=O) groups is 1. The van der Waals surface area contributed by atoms with E-state index in [0.717, 1.165) is 69.2 Å². The Hall–Kier alpha value is -1.84. The number of rotatable bonds is 5. The topological polar surface area (TPSA) is 88.0 Å². The van der Waals surface area contributed by atoms with E-state index >= 15 is 0 Å². The fraction of sp³-hybridized carbons (Fsp3) is 0.647. The van der Waals surface area contributed by atoms with E-state index < -0.39 is 0 Å². The quantitative estimate of drug-likeness (QED) is 0.802. The summed E-state index contributed by atoms with van der Waals surface area (Å²) in [5.74, 6) is -0.165. The number of nitrogens with zero attached hydrogens (tertiary/aromatic N) is 5. The summed E-state index contributed by atoms with van der Waals surface area (Å²) in [4.78, 5) is 20.9. The maximum atomic E-state index is 12.6. The third-order valence-corrected chi connectivity index (χ3v) is 6.04. The lowest BCUT2D eigenvalue weighted by molar-refractivity contribution is 0.0926. The average molecular weight is 376 g/mol. The van der Waals surface area contributed by atoms with Crippen LogP contribution < -0.4 is 10.6 Å². The van der Waals surface area contributed by atoms with Gasteiger partial charge in [-0.25, -0.2) is 4.98 Å². The van der Waals surface area contributed by atoms with Crippen molar-refractivity contribution in [2.45, 2.75) is 38.8 Å². The van der Waals surface area contributed by atoms with Crippen molar-refractivity contribution >= 4 is 17.2 Å². The third-order valence-electron chi connectivity index (χ3n) is 4.99. The number of hydrogen-bond acceptors (Lipinski definition) is 7. The van der Waals surface area contributed by atoms with Crippen LogP contribution in [-0.4, -0.2) is 63.5 Å². The van der Waals surface area contributed by atoms with Crippen molar-refractivity contribution in [2.75, 3.05) is 32.7 Å². The van der Waals surface area contributed by atoms with E-state index in [4.69, 9.17) is 0 Å². The van der Waals surface area contributed by atoms with E-state index in [0.29, 0.717) is 5.69 Å². The molecule has 1 amide bonds. The van der Waals surface area contributed by atoms with Gasteiger partial charge in [0.1, 0.15) is 0 Å². The van der Waals surface area contributed by atoms with Crippen molar-refractivity contribution in [1.29, 1.82) is 0 Å². The number of nitrogens with one attached hydrogen (secondary N) is 2. The lowest BCUT2D eigenvalue weighted by atomic mass is 9.97. The van der Waals surface area contributed by atoms with Crippen molar-refractivity contribution in [3.8, 4) is 0 Å². The van der Waals surface area contributed by atoms with Gasteiger partial charge >= 0.3 is 0 Å². The molecular weight excluding hydrogens is 350 g/mol. The highest BCUT2D eigenvalue weighted by molar-refractivity contribution is 7.11. The van der Waals surface area contributed by atoms with Gasteiger partial charge in [0.05, 0.1) is 29.5 Å². The first kappa shape index (κ1) is 17.6. The van der Waals surface area contributed by atoms with E-state index in [2.05, 4.69) is 30.8 Å². The van der Waals surface area contributed by atoms with Gasteiger partial charge in [-0.3, -0.25) is 14.4 Å². The molecule has 2 aromatic heterocycles. The smallest absolute Gasteiger partial charge is 0.273 e. The molecule has 0 saturated carbocycles. The van der Waals surface area contributed by atoms with Gasteiger partial charge in [0.25, 0.3) is 5.91 Å². The predicted molar refractivity (Wildman–Crippen MR) is 99.3 cm³/mol. The highest BCUT2D eigenvalue weighted by Gasteiger charge is 2.26. The van der Waals surface area contributed by atoms with E-state index in [1.54, 1.807) is 22.2 Å². The minimum Gasteiger partial charge on any atom is -0.342 e. The Morgan fingerprint density at radius 3 is 3.08 bits per heavy atom. The lowest BCUT2D eigenvalue weighted by Gasteiger charge is -2.26. The molecule has 4 rings (SSSR count). The van der Waals surface area contributed by atoms with Crippen LogP contribution in [0.25, 0.3) is 0 Å². The van der Waals surface area contributed by atoms with Gasteiger partial charge in [-0.05, 0) is 26.2 Å². The molecule has 9 heteroatoms. The largest absolute Gasteiger partial charge is 0.342 e. The number of thiazole rings is 1. The van der Waals surface area contributed by atoms with Crippen molar-refractivity contribution in [1.82, 2.24) is 35.5 Å². The van der Waals surface area contributed by atoms with Crippen LogP contribution in [0.3, 0.4) is 0 Å². The summed E-state index contributed by atoms with van der Waals surface area (Å²) in [5, 5.41) is 15.7. The van der Waals surface area contributed by atoms with Gasteiger partial charge in [0.2, 0.25) is 0 Å². The van der Waals surface area contributed by atoms with Gasteiger partial charge in [-0.1, -0.05) is 5.21 Å². The van der Waals surface area contributed by atoms with Crippen LogP contribution in [0.2, 0.25) is 0 Å². The monoisotopic (exact) mass is 375 g/mol. The molecule has 26 heavy (non-hydrogen) atoms. The van der Waals surface area contributed by atoms with Crippen LogP contribution in [0.5, 0.6) is 0 Å². The molecule has 1 fully saturated rings. The van der Waals surface area contributed by atoms with Crippen LogP contribution in [0.4, 0.5) is 0 Å². The standard InChI is InChI=1S/C17H25N7OS/c1-12-19-16-13(3-2-4-15(16)26-12)20-17(25)14-11-24(22-21-14)10-9-23-7-5-18-6-8-23/h11,13,18H,2-10H2,1H3,(H,20,25)/t13-/m0/s1. The summed E-state index contributed by atoms with van der Waals surface area (Å²) in [6.45, 7) is 7.87. The van der Waals surface area contributed by atoms with Crippen molar-refractivity contribution in [2.24, 2.45) is 0 Å². The fourth-order valence-electron chi connectivity index (χ4n) is 3.60. The molecule has 140 valence electrons. The van der Waals surface area contributed by atoms with E-state index in [9.17, 15) is 4.79 Å². The summed E-state index contributed by atoms with van der Waals surface area (Å²) >= 11 is 1.74. The Labute approximate surface area is 157 Å². The molecule has 2 aromatic rings.